The average Bonchev–Trinajstić information content (AvgIpc) is 3.28. The van der Waals surface area contributed by atoms with E-state index in [2.05, 4.69) is 4.98 Å². The third-order valence-electron chi connectivity index (χ3n) is 5.01. The maximum Gasteiger partial charge on any atom is 0.289 e. The second kappa shape index (κ2) is 6.63. The van der Waals surface area contributed by atoms with Crippen LogP contribution in [0.4, 0.5) is 0 Å². The van der Waals surface area contributed by atoms with Crippen molar-refractivity contribution in [3.05, 3.63) is 39.7 Å². The van der Waals surface area contributed by atoms with E-state index in [1.54, 1.807) is 28.4 Å². The van der Waals surface area contributed by atoms with Crippen LogP contribution in [0.3, 0.4) is 0 Å². The van der Waals surface area contributed by atoms with Gasteiger partial charge in [-0.05, 0) is 38.3 Å². The molecular formula is C18H21N3O3S. The number of furan rings is 1. The monoisotopic (exact) mass is 359 g/mol. The highest BCUT2D eigenvalue weighted by atomic mass is 32.1. The molecule has 6 nitrogen and oxygen atoms in total. The van der Waals surface area contributed by atoms with Gasteiger partial charge in [-0.15, -0.1) is 11.3 Å². The molecule has 1 saturated heterocycles. The van der Waals surface area contributed by atoms with Crippen LogP contribution in [0, 0.1) is 12.8 Å². The van der Waals surface area contributed by atoms with E-state index in [9.17, 15) is 9.59 Å². The van der Waals surface area contributed by atoms with Gasteiger partial charge in [0, 0.05) is 37.0 Å². The maximum atomic E-state index is 12.9. The van der Waals surface area contributed by atoms with E-state index in [0.717, 1.165) is 24.3 Å². The van der Waals surface area contributed by atoms with Crippen LogP contribution >= 0.6 is 11.3 Å². The van der Waals surface area contributed by atoms with E-state index in [4.69, 9.17) is 4.42 Å². The average molecular weight is 359 g/mol. The fourth-order valence-electron chi connectivity index (χ4n) is 3.66. The molecule has 0 N–H and O–H groups in total. The van der Waals surface area contributed by atoms with E-state index in [0.29, 0.717) is 31.9 Å². The molecule has 132 valence electrons. The molecule has 1 atom stereocenters. The molecule has 0 aromatic carbocycles. The number of aromatic nitrogens is 1. The molecule has 2 aromatic rings. The predicted molar refractivity (Wildman–Crippen MR) is 93.6 cm³/mol. The van der Waals surface area contributed by atoms with Gasteiger partial charge in [0.15, 0.2) is 5.76 Å². The summed E-state index contributed by atoms with van der Waals surface area (Å²) in [6.07, 6.45) is 4.09. The molecule has 0 saturated carbocycles. The Bertz CT molecular complexity index is 776. The summed E-state index contributed by atoms with van der Waals surface area (Å²) >= 11 is 1.72. The van der Waals surface area contributed by atoms with Crippen LogP contribution in [-0.2, 0) is 17.6 Å². The van der Waals surface area contributed by atoms with Gasteiger partial charge in [0.2, 0.25) is 5.91 Å². The summed E-state index contributed by atoms with van der Waals surface area (Å²) in [6.45, 7) is 4.33. The Morgan fingerprint density at radius 3 is 2.72 bits per heavy atom. The highest BCUT2D eigenvalue weighted by Gasteiger charge is 2.32. The van der Waals surface area contributed by atoms with Crippen molar-refractivity contribution in [1.29, 1.82) is 0 Å². The van der Waals surface area contributed by atoms with Crippen LogP contribution in [0.15, 0.2) is 22.8 Å². The number of amides is 2. The number of piperazine rings is 1. The maximum absolute atomic E-state index is 12.9. The van der Waals surface area contributed by atoms with Gasteiger partial charge in [-0.3, -0.25) is 9.59 Å². The minimum absolute atomic E-state index is 0.0553. The molecule has 0 radical (unpaired) electrons. The van der Waals surface area contributed by atoms with Crippen molar-refractivity contribution in [2.45, 2.75) is 26.2 Å². The number of carbonyl (C=O) groups is 2. The standard InChI is InChI=1S/C18H21N3O3S/c1-12-19-14-5-4-13(11-16(14)25-12)17(22)20-6-8-21(9-7-20)18(23)15-3-2-10-24-15/h2-3,10,13H,4-9,11H2,1H3. The molecule has 1 aliphatic carbocycles. The zero-order valence-electron chi connectivity index (χ0n) is 14.2. The first-order valence-corrected chi connectivity index (χ1v) is 9.50. The number of thiazole rings is 1. The lowest BCUT2D eigenvalue weighted by Gasteiger charge is -2.36. The lowest BCUT2D eigenvalue weighted by molar-refractivity contribution is -0.137. The fourth-order valence-corrected chi connectivity index (χ4v) is 4.72. The Morgan fingerprint density at radius 2 is 2.00 bits per heavy atom. The molecule has 25 heavy (non-hydrogen) atoms. The number of rotatable bonds is 2. The minimum Gasteiger partial charge on any atom is -0.459 e. The third kappa shape index (κ3) is 3.20. The van der Waals surface area contributed by atoms with Crippen LogP contribution in [0.25, 0.3) is 0 Å². The Hall–Kier alpha value is -2.15. The summed E-state index contributed by atoms with van der Waals surface area (Å²) < 4.78 is 5.18. The van der Waals surface area contributed by atoms with Gasteiger partial charge in [-0.25, -0.2) is 4.98 Å². The largest absolute Gasteiger partial charge is 0.459 e. The van der Waals surface area contributed by atoms with Crippen molar-refractivity contribution in [1.82, 2.24) is 14.8 Å². The summed E-state index contributed by atoms with van der Waals surface area (Å²) in [5.41, 5.74) is 1.18. The van der Waals surface area contributed by atoms with Crippen LogP contribution in [0.1, 0.15) is 32.6 Å². The van der Waals surface area contributed by atoms with Gasteiger partial charge in [0.1, 0.15) is 0 Å². The van der Waals surface area contributed by atoms with Gasteiger partial charge in [0.25, 0.3) is 5.91 Å². The Morgan fingerprint density at radius 1 is 1.24 bits per heavy atom. The number of carbonyl (C=O) groups excluding carboxylic acids is 2. The van der Waals surface area contributed by atoms with Gasteiger partial charge in [0.05, 0.1) is 17.0 Å². The quantitative estimate of drug-likeness (QED) is 0.824. The lowest BCUT2D eigenvalue weighted by atomic mass is 9.90. The summed E-state index contributed by atoms with van der Waals surface area (Å²) in [7, 11) is 0. The Labute approximate surface area is 150 Å². The molecule has 2 amide bonds. The van der Waals surface area contributed by atoms with E-state index in [1.165, 1.54) is 16.8 Å². The van der Waals surface area contributed by atoms with Gasteiger partial charge in [-0.1, -0.05) is 0 Å². The third-order valence-corrected chi connectivity index (χ3v) is 6.04. The normalized spacial score (nSPS) is 20.4. The molecule has 2 aliphatic rings. The summed E-state index contributed by atoms with van der Waals surface area (Å²) in [5.74, 6) is 0.543. The lowest BCUT2D eigenvalue weighted by Crippen LogP contribution is -2.52. The number of fused-ring (bicyclic) bond motifs is 1. The van der Waals surface area contributed by atoms with Crippen molar-refractivity contribution < 1.29 is 14.0 Å². The van der Waals surface area contributed by atoms with Crippen molar-refractivity contribution in [3.8, 4) is 0 Å². The second-order valence-corrected chi connectivity index (χ2v) is 7.93. The summed E-state index contributed by atoms with van der Waals surface area (Å²) in [4.78, 5) is 34.7. The Kier molecular flexibility index (Phi) is 4.33. The molecule has 1 unspecified atom stereocenters. The SMILES string of the molecule is Cc1nc2c(s1)CC(C(=O)N1CCN(C(=O)c3ccco3)CC1)CC2. The minimum atomic E-state index is -0.0976. The molecule has 7 heteroatoms. The summed E-state index contributed by atoms with van der Waals surface area (Å²) in [6, 6.07) is 3.39. The molecule has 2 aromatic heterocycles. The van der Waals surface area contributed by atoms with Crippen molar-refractivity contribution in [2.24, 2.45) is 5.92 Å². The van der Waals surface area contributed by atoms with Crippen molar-refractivity contribution >= 4 is 23.2 Å². The number of hydrogen-bond acceptors (Lipinski definition) is 5. The first kappa shape index (κ1) is 16.3. The van der Waals surface area contributed by atoms with E-state index in [1.807, 2.05) is 11.8 Å². The molecular weight excluding hydrogens is 338 g/mol. The zero-order valence-corrected chi connectivity index (χ0v) is 15.1. The van der Waals surface area contributed by atoms with E-state index < -0.39 is 0 Å². The van der Waals surface area contributed by atoms with Crippen molar-refractivity contribution in [3.63, 3.8) is 0 Å². The molecule has 4 rings (SSSR count). The van der Waals surface area contributed by atoms with Crippen molar-refractivity contribution in [2.75, 3.05) is 26.2 Å². The molecule has 1 fully saturated rings. The molecule has 3 heterocycles. The highest BCUT2D eigenvalue weighted by Crippen LogP contribution is 2.31. The van der Waals surface area contributed by atoms with Crippen LogP contribution in [0.2, 0.25) is 0 Å². The van der Waals surface area contributed by atoms with Gasteiger partial charge >= 0.3 is 0 Å². The molecule has 0 bridgehead atoms. The zero-order chi connectivity index (χ0) is 17.4. The van der Waals surface area contributed by atoms with Crippen LogP contribution in [0.5, 0.6) is 0 Å². The Balaban J connectivity index is 1.35. The summed E-state index contributed by atoms with van der Waals surface area (Å²) in [5, 5.41) is 1.09. The fraction of sp³-hybridized carbons (Fsp3) is 0.500. The van der Waals surface area contributed by atoms with Crippen LogP contribution < -0.4 is 0 Å². The number of hydrogen-bond donors (Lipinski definition) is 0. The highest BCUT2D eigenvalue weighted by molar-refractivity contribution is 7.11. The topological polar surface area (TPSA) is 66.7 Å². The smallest absolute Gasteiger partial charge is 0.289 e. The first-order chi connectivity index (χ1) is 12.1. The number of nitrogens with zero attached hydrogens (tertiary/aromatic N) is 3. The predicted octanol–water partition coefficient (Wildman–Crippen LogP) is 2.13. The molecule has 0 spiro atoms. The van der Waals surface area contributed by atoms with E-state index >= 15 is 0 Å². The molecule has 1 aliphatic heterocycles. The van der Waals surface area contributed by atoms with Gasteiger partial charge < -0.3 is 14.2 Å². The first-order valence-electron chi connectivity index (χ1n) is 8.68. The number of aryl methyl sites for hydroxylation is 2. The van der Waals surface area contributed by atoms with E-state index in [-0.39, 0.29) is 17.7 Å². The van der Waals surface area contributed by atoms with Gasteiger partial charge in [-0.2, -0.15) is 0 Å². The van der Waals surface area contributed by atoms with Crippen LogP contribution in [-0.4, -0.2) is 52.8 Å². The second-order valence-electron chi connectivity index (χ2n) is 6.64.